The van der Waals surface area contributed by atoms with E-state index in [0.717, 1.165) is 33.1 Å². The summed E-state index contributed by atoms with van der Waals surface area (Å²) in [5.74, 6) is 0. The predicted octanol–water partition coefficient (Wildman–Crippen LogP) is 5.33. The zero-order chi connectivity index (χ0) is 17.6. The summed E-state index contributed by atoms with van der Waals surface area (Å²) < 4.78 is 0. The predicted molar refractivity (Wildman–Crippen MR) is 106 cm³/mol. The van der Waals surface area contributed by atoms with Crippen molar-refractivity contribution in [3.63, 3.8) is 0 Å². The number of fused-ring (bicyclic) bond motifs is 3. The van der Waals surface area contributed by atoms with Crippen molar-refractivity contribution in [2.24, 2.45) is 0 Å². The van der Waals surface area contributed by atoms with Crippen LogP contribution in [0.4, 0.5) is 0 Å². The van der Waals surface area contributed by atoms with Gasteiger partial charge in [-0.25, -0.2) is 0 Å². The van der Waals surface area contributed by atoms with Crippen molar-refractivity contribution in [3.05, 3.63) is 104 Å². The normalized spacial score (nSPS) is 9.93. The Bertz CT molecular complexity index is 1040. The molecular weight excluding hydrogens is 421 g/mol. The van der Waals surface area contributed by atoms with Crippen LogP contribution in [0, 0.1) is 6.07 Å². The molecule has 4 heteroatoms. The SMILES string of the molecule is [Rh].[c-]1ccccc1-c1ccccn1.c1cnc2c(c1)ccc1cccnc12. The minimum absolute atomic E-state index is 0. The van der Waals surface area contributed by atoms with Gasteiger partial charge in [0.15, 0.2) is 0 Å². The molecule has 0 aliphatic carbocycles. The van der Waals surface area contributed by atoms with Gasteiger partial charge in [-0.2, -0.15) is 0 Å². The van der Waals surface area contributed by atoms with Gasteiger partial charge in [0, 0.05) is 48.8 Å². The van der Waals surface area contributed by atoms with Gasteiger partial charge in [0.05, 0.1) is 11.0 Å². The van der Waals surface area contributed by atoms with Gasteiger partial charge in [0.25, 0.3) is 0 Å². The molecule has 0 saturated heterocycles. The van der Waals surface area contributed by atoms with Crippen LogP contribution in [-0.4, -0.2) is 15.0 Å². The molecule has 3 heterocycles. The van der Waals surface area contributed by atoms with Crippen molar-refractivity contribution < 1.29 is 19.5 Å². The number of pyridine rings is 3. The monoisotopic (exact) mass is 437 g/mol. The Kier molecular flexibility index (Phi) is 6.35. The average molecular weight is 437 g/mol. The van der Waals surface area contributed by atoms with Crippen LogP contribution in [0.1, 0.15) is 0 Å². The van der Waals surface area contributed by atoms with Crippen molar-refractivity contribution in [2.45, 2.75) is 0 Å². The van der Waals surface area contributed by atoms with Gasteiger partial charge in [0.2, 0.25) is 0 Å². The standard InChI is InChI=1S/C12H8N2.C11H8N.Rh/c1-3-9-5-6-10-4-2-8-14-12(10)11(9)13-7-1;1-2-6-10(7-3-1)11-8-4-5-9-12-11;/h1-8H;1-6,8-9H;/q;-1;. The van der Waals surface area contributed by atoms with E-state index in [1.807, 2.05) is 54.6 Å². The molecule has 0 aliphatic rings. The maximum Gasteiger partial charge on any atom is 0.0964 e. The Labute approximate surface area is 170 Å². The molecule has 0 spiro atoms. The molecule has 5 rings (SSSR count). The van der Waals surface area contributed by atoms with Gasteiger partial charge in [-0.3, -0.25) is 9.97 Å². The van der Waals surface area contributed by atoms with Crippen LogP contribution >= 0.6 is 0 Å². The van der Waals surface area contributed by atoms with Crippen LogP contribution in [0.25, 0.3) is 33.1 Å². The summed E-state index contributed by atoms with van der Waals surface area (Å²) in [6, 6.07) is 29.0. The Balaban J connectivity index is 0.000000152. The fourth-order valence-electron chi connectivity index (χ4n) is 2.75. The summed E-state index contributed by atoms with van der Waals surface area (Å²) in [5.41, 5.74) is 3.97. The third-order valence-electron chi connectivity index (χ3n) is 3.99. The first kappa shape index (κ1) is 18.8. The second kappa shape index (κ2) is 9.11. The number of rotatable bonds is 1. The van der Waals surface area contributed by atoms with Crippen molar-refractivity contribution in [1.29, 1.82) is 0 Å². The van der Waals surface area contributed by atoms with Crippen LogP contribution < -0.4 is 0 Å². The molecular formula is C23H16N3Rh-. The summed E-state index contributed by atoms with van der Waals surface area (Å²) in [7, 11) is 0. The second-order valence-corrected chi connectivity index (χ2v) is 5.71. The zero-order valence-electron chi connectivity index (χ0n) is 14.4. The molecule has 3 nitrogen and oxygen atoms in total. The zero-order valence-corrected chi connectivity index (χ0v) is 16.1. The van der Waals surface area contributed by atoms with Crippen LogP contribution in [0.5, 0.6) is 0 Å². The molecule has 3 aromatic heterocycles. The van der Waals surface area contributed by atoms with E-state index in [1.165, 1.54) is 0 Å². The van der Waals surface area contributed by atoms with E-state index in [-0.39, 0.29) is 19.5 Å². The minimum Gasteiger partial charge on any atom is -0.305 e. The van der Waals surface area contributed by atoms with E-state index in [2.05, 4.69) is 45.3 Å². The number of nitrogens with zero attached hydrogens (tertiary/aromatic N) is 3. The molecule has 0 amide bonds. The molecule has 5 aromatic rings. The summed E-state index contributed by atoms with van der Waals surface area (Å²) in [6.45, 7) is 0. The number of hydrogen-bond donors (Lipinski definition) is 0. The summed E-state index contributed by atoms with van der Waals surface area (Å²) in [5, 5.41) is 2.28. The molecule has 0 bridgehead atoms. The van der Waals surface area contributed by atoms with Gasteiger partial charge in [-0.15, -0.1) is 35.9 Å². The van der Waals surface area contributed by atoms with Crippen molar-refractivity contribution in [1.82, 2.24) is 15.0 Å². The fraction of sp³-hybridized carbons (Fsp3) is 0. The maximum absolute atomic E-state index is 4.35. The van der Waals surface area contributed by atoms with Crippen LogP contribution in [0.3, 0.4) is 0 Å². The largest absolute Gasteiger partial charge is 0.305 e. The van der Waals surface area contributed by atoms with Crippen molar-refractivity contribution in [3.8, 4) is 11.3 Å². The number of hydrogen-bond acceptors (Lipinski definition) is 3. The molecule has 0 N–H and O–H groups in total. The molecule has 133 valence electrons. The van der Waals surface area contributed by atoms with Crippen LogP contribution in [0.2, 0.25) is 0 Å². The molecule has 0 atom stereocenters. The topological polar surface area (TPSA) is 38.7 Å². The molecule has 2 aromatic carbocycles. The van der Waals surface area contributed by atoms with E-state index >= 15 is 0 Å². The Morgan fingerprint density at radius 1 is 0.556 bits per heavy atom. The average Bonchev–Trinajstić information content (AvgIpc) is 2.75. The third-order valence-corrected chi connectivity index (χ3v) is 3.99. The van der Waals surface area contributed by atoms with E-state index in [1.54, 1.807) is 18.6 Å². The van der Waals surface area contributed by atoms with Gasteiger partial charge in [-0.1, -0.05) is 36.4 Å². The number of benzene rings is 2. The Morgan fingerprint density at radius 3 is 1.74 bits per heavy atom. The molecule has 0 fully saturated rings. The van der Waals surface area contributed by atoms with Gasteiger partial charge in [0.1, 0.15) is 0 Å². The Morgan fingerprint density at radius 2 is 1.19 bits per heavy atom. The van der Waals surface area contributed by atoms with E-state index in [0.29, 0.717) is 0 Å². The fourth-order valence-corrected chi connectivity index (χ4v) is 2.75. The second-order valence-electron chi connectivity index (χ2n) is 5.71. The first-order valence-corrected chi connectivity index (χ1v) is 8.38. The van der Waals surface area contributed by atoms with E-state index < -0.39 is 0 Å². The number of aromatic nitrogens is 3. The van der Waals surface area contributed by atoms with Crippen LogP contribution in [-0.2, 0) is 19.5 Å². The molecule has 1 radical (unpaired) electrons. The van der Waals surface area contributed by atoms with E-state index in [4.69, 9.17) is 0 Å². The molecule has 0 aliphatic heterocycles. The summed E-state index contributed by atoms with van der Waals surface area (Å²) in [6.07, 6.45) is 5.39. The van der Waals surface area contributed by atoms with E-state index in [9.17, 15) is 0 Å². The Hall–Kier alpha value is -2.97. The van der Waals surface area contributed by atoms with Crippen molar-refractivity contribution >= 4 is 21.8 Å². The molecule has 0 saturated carbocycles. The van der Waals surface area contributed by atoms with Gasteiger partial charge in [-0.05, 0) is 23.9 Å². The maximum atomic E-state index is 4.35. The quantitative estimate of drug-likeness (QED) is 0.202. The third kappa shape index (κ3) is 4.42. The minimum atomic E-state index is 0. The first-order chi connectivity index (χ1) is 12.9. The van der Waals surface area contributed by atoms with Crippen molar-refractivity contribution in [2.75, 3.05) is 0 Å². The summed E-state index contributed by atoms with van der Waals surface area (Å²) in [4.78, 5) is 12.9. The molecule has 27 heavy (non-hydrogen) atoms. The smallest absolute Gasteiger partial charge is 0.0964 e. The first-order valence-electron chi connectivity index (χ1n) is 8.38. The van der Waals surface area contributed by atoms with Crippen LogP contribution in [0.15, 0.2) is 97.5 Å². The van der Waals surface area contributed by atoms with Gasteiger partial charge < -0.3 is 4.98 Å². The summed E-state index contributed by atoms with van der Waals surface area (Å²) >= 11 is 0. The van der Waals surface area contributed by atoms with Gasteiger partial charge >= 0.3 is 0 Å². The molecule has 0 unspecified atom stereocenters.